The number of benzene rings is 10. The molecule has 0 aliphatic heterocycles. The number of nitrogens with zero attached hydrogens (tertiary/aromatic N) is 4. The van der Waals surface area contributed by atoms with E-state index in [4.69, 9.17) is 6.57 Å². The van der Waals surface area contributed by atoms with Crippen LogP contribution < -0.4 is 9.80 Å². The molecule has 71 heavy (non-hydrogen) atoms. The molecule has 0 fully saturated rings. The molecule has 0 heterocycles. The standard InChI is InChI=1S/C67H54N4/c1-9-41-36-59(71(45-30-26-43(69-8)27-31-45)57-23-15-19-50-48-17-11-13-21-54(48)67(6,7)64(50)57)52-38-55-60-42(34-35-65(55,2)3)37-58(51-33-32-46(41)61(52)62(51)60)70(44-28-24-40(39-68)25-29-44)56-22-14-18-49-47-16-10-12-20-53(47)66(4,5)63(49)56/h10-33,36-38H,9,34-35H2,1-7H3. The number of aryl methyl sites for hydroxylation is 2. The van der Waals surface area contributed by atoms with Gasteiger partial charge < -0.3 is 9.80 Å². The van der Waals surface area contributed by atoms with Crippen LogP contribution in [-0.2, 0) is 29.1 Å². The van der Waals surface area contributed by atoms with Gasteiger partial charge in [0, 0.05) is 38.4 Å². The van der Waals surface area contributed by atoms with Gasteiger partial charge >= 0.3 is 0 Å². The second kappa shape index (κ2) is 15.2. The van der Waals surface area contributed by atoms with Crippen LogP contribution in [0.5, 0.6) is 0 Å². The maximum atomic E-state index is 10.0. The molecule has 342 valence electrons. The molecule has 0 saturated carbocycles. The predicted octanol–water partition coefficient (Wildman–Crippen LogP) is 18.3. The molecule has 0 saturated heterocycles. The van der Waals surface area contributed by atoms with Crippen LogP contribution in [-0.4, -0.2) is 0 Å². The number of rotatable bonds is 7. The Morgan fingerprint density at radius 2 is 1.06 bits per heavy atom. The molecular weight excluding hydrogens is 861 g/mol. The second-order valence-corrected chi connectivity index (χ2v) is 21.8. The topological polar surface area (TPSA) is 34.6 Å². The van der Waals surface area contributed by atoms with Crippen molar-refractivity contribution in [3.8, 4) is 28.3 Å². The van der Waals surface area contributed by atoms with Gasteiger partial charge in [-0.25, -0.2) is 4.85 Å². The minimum atomic E-state index is -0.269. The molecule has 3 aliphatic carbocycles. The molecule has 13 rings (SSSR count). The Hall–Kier alpha value is -8.18. The highest BCUT2D eigenvalue weighted by Gasteiger charge is 2.42. The maximum absolute atomic E-state index is 10.0. The van der Waals surface area contributed by atoms with Crippen LogP contribution in [0.25, 0.3) is 59.4 Å². The van der Waals surface area contributed by atoms with Crippen molar-refractivity contribution in [2.75, 3.05) is 9.80 Å². The fourth-order valence-corrected chi connectivity index (χ4v) is 13.4. The lowest BCUT2D eigenvalue weighted by atomic mass is 9.70. The molecule has 0 aromatic heterocycles. The van der Waals surface area contributed by atoms with Gasteiger partial charge in [-0.15, -0.1) is 0 Å². The van der Waals surface area contributed by atoms with Crippen LogP contribution in [0.15, 0.2) is 164 Å². The van der Waals surface area contributed by atoms with Crippen LogP contribution in [0.3, 0.4) is 0 Å². The third-order valence-electron chi connectivity index (χ3n) is 16.8. The van der Waals surface area contributed by atoms with Gasteiger partial charge in [0.1, 0.15) is 0 Å². The van der Waals surface area contributed by atoms with E-state index in [2.05, 4.69) is 209 Å². The summed E-state index contributed by atoms with van der Waals surface area (Å²) in [5.74, 6) is 0. The molecule has 4 heteroatoms. The van der Waals surface area contributed by atoms with E-state index in [9.17, 15) is 5.26 Å². The normalized spacial score (nSPS) is 15.2. The zero-order chi connectivity index (χ0) is 48.7. The lowest BCUT2D eigenvalue weighted by molar-refractivity contribution is 0.475. The number of hydrogen-bond acceptors (Lipinski definition) is 3. The summed E-state index contributed by atoms with van der Waals surface area (Å²) in [6.45, 7) is 24.6. The van der Waals surface area contributed by atoms with Gasteiger partial charge in [0.05, 0.1) is 41.0 Å². The van der Waals surface area contributed by atoms with E-state index < -0.39 is 0 Å². The Morgan fingerprint density at radius 3 is 1.62 bits per heavy atom. The molecule has 10 aromatic rings. The van der Waals surface area contributed by atoms with Gasteiger partial charge in [0.25, 0.3) is 0 Å². The minimum absolute atomic E-state index is 0.0927. The summed E-state index contributed by atoms with van der Waals surface area (Å²) in [6, 6.07) is 62.6. The van der Waals surface area contributed by atoms with Crippen molar-refractivity contribution in [3.05, 3.63) is 220 Å². The van der Waals surface area contributed by atoms with E-state index in [1.54, 1.807) is 0 Å². The SMILES string of the molecule is [C-]#[N+]c1ccc(N(c2cccc3c2C(C)(C)c2ccccc2-3)c2cc(CC)c3ccc4c(N(c5ccc(C#N)cc5)c5cccc6c5C(C)(C)c5ccccc5-6)cc5c6c(cc2c3c46)C(C)(C)CC5)cc1. The maximum Gasteiger partial charge on any atom is 0.187 e. The quantitative estimate of drug-likeness (QED) is 0.118. The van der Waals surface area contributed by atoms with Gasteiger partial charge in [-0.05, 0) is 169 Å². The summed E-state index contributed by atoms with van der Waals surface area (Å²) in [7, 11) is 0. The predicted molar refractivity (Wildman–Crippen MR) is 296 cm³/mol. The van der Waals surface area contributed by atoms with Crippen molar-refractivity contribution in [1.82, 2.24) is 0 Å². The first-order valence-electron chi connectivity index (χ1n) is 25.2. The van der Waals surface area contributed by atoms with Gasteiger partial charge in [-0.3, -0.25) is 0 Å². The molecule has 0 bridgehead atoms. The molecule has 10 aromatic carbocycles. The lowest BCUT2D eigenvalue weighted by Crippen LogP contribution is -2.24. The Balaban J connectivity index is 1.16. The van der Waals surface area contributed by atoms with Gasteiger partial charge in [0.15, 0.2) is 5.69 Å². The first kappa shape index (κ1) is 42.9. The van der Waals surface area contributed by atoms with Crippen LogP contribution in [0.2, 0.25) is 0 Å². The van der Waals surface area contributed by atoms with Crippen molar-refractivity contribution in [2.45, 2.75) is 84.0 Å². The Bertz CT molecular complexity index is 3970. The van der Waals surface area contributed by atoms with Crippen molar-refractivity contribution >= 4 is 72.1 Å². The smallest absolute Gasteiger partial charge is 0.187 e. The monoisotopic (exact) mass is 914 g/mol. The van der Waals surface area contributed by atoms with E-state index in [-0.39, 0.29) is 16.2 Å². The fraction of sp³-hybridized carbons (Fsp3) is 0.194. The molecule has 0 N–H and O–H groups in total. The van der Waals surface area contributed by atoms with Crippen molar-refractivity contribution in [3.63, 3.8) is 0 Å². The van der Waals surface area contributed by atoms with Crippen LogP contribution in [0.4, 0.5) is 39.8 Å². The van der Waals surface area contributed by atoms with E-state index in [0.717, 1.165) is 53.4 Å². The fourth-order valence-electron chi connectivity index (χ4n) is 13.4. The van der Waals surface area contributed by atoms with E-state index in [1.807, 2.05) is 24.3 Å². The average Bonchev–Trinajstić information content (AvgIpc) is 3.78. The number of anilines is 6. The molecule has 0 radical (unpaired) electrons. The van der Waals surface area contributed by atoms with Crippen LogP contribution in [0, 0.1) is 17.9 Å². The van der Waals surface area contributed by atoms with Gasteiger partial charge in [0.2, 0.25) is 0 Å². The largest absolute Gasteiger partial charge is 0.310 e. The average molecular weight is 915 g/mol. The summed E-state index contributed by atoms with van der Waals surface area (Å²) in [4.78, 5) is 8.86. The summed E-state index contributed by atoms with van der Waals surface area (Å²) in [6.07, 6.45) is 2.84. The van der Waals surface area contributed by atoms with Gasteiger partial charge in [-0.1, -0.05) is 146 Å². The first-order chi connectivity index (χ1) is 34.3. The Morgan fingerprint density at radius 1 is 0.521 bits per heavy atom. The zero-order valence-corrected chi connectivity index (χ0v) is 41.5. The first-order valence-corrected chi connectivity index (χ1v) is 25.2. The highest BCUT2D eigenvalue weighted by Crippen LogP contribution is 2.59. The summed E-state index contributed by atoms with van der Waals surface area (Å²) < 4.78 is 0. The minimum Gasteiger partial charge on any atom is -0.310 e. The highest BCUT2D eigenvalue weighted by atomic mass is 15.2. The molecule has 4 nitrogen and oxygen atoms in total. The highest BCUT2D eigenvalue weighted by molar-refractivity contribution is 6.30. The zero-order valence-electron chi connectivity index (χ0n) is 41.5. The van der Waals surface area contributed by atoms with Gasteiger partial charge in [-0.2, -0.15) is 5.26 Å². The van der Waals surface area contributed by atoms with Crippen molar-refractivity contribution < 1.29 is 0 Å². The molecular formula is C67H54N4. The lowest BCUT2D eigenvalue weighted by Gasteiger charge is -2.38. The summed E-state index contributed by atoms with van der Waals surface area (Å²) in [5.41, 5.74) is 21.7. The summed E-state index contributed by atoms with van der Waals surface area (Å²) >= 11 is 0. The van der Waals surface area contributed by atoms with E-state index in [1.165, 1.54) is 93.5 Å². The third-order valence-corrected chi connectivity index (χ3v) is 16.8. The molecule has 0 unspecified atom stereocenters. The number of nitriles is 1. The van der Waals surface area contributed by atoms with Crippen LogP contribution >= 0.6 is 0 Å². The molecule has 3 aliphatic rings. The molecule has 0 amide bonds. The third kappa shape index (κ3) is 5.95. The van der Waals surface area contributed by atoms with Crippen molar-refractivity contribution in [1.29, 1.82) is 5.26 Å². The number of hydrogen-bond donors (Lipinski definition) is 0. The van der Waals surface area contributed by atoms with Crippen LogP contribution in [0.1, 0.15) is 99.4 Å². The molecule has 0 spiro atoms. The number of fused-ring (bicyclic) bond motifs is 6. The second-order valence-electron chi connectivity index (χ2n) is 21.8. The summed E-state index contributed by atoms with van der Waals surface area (Å²) in [5, 5.41) is 17.8. The molecule has 0 atom stereocenters. The van der Waals surface area contributed by atoms with E-state index >= 15 is 0 Å². The Labute approximate surface area is 417 Å². The van der Waals surface area contributed by atoms with E-state index in [0.29, 0.717) is 11.3 Å². The Kier molecular flexibility index (Phi) is 9.16. The van der Waals surface area contributed by atoms with Crippen molar-refractivity contribution in [2.24, 2.45) is 0 Å².